The lowest BCUT2D eigenvalue weighted by Gasteiger charge is -2.42. The summed E-state index contributed by atoms with van der Waals surface area (Å²) in [5, 5.41) is 6.14. The minimum atomic E-state index is -0.287. The van der Waals surface area contributed by atoms with Crippen LogP contribution >= 0.6 is 0 Å². The number of H-pyrrole nitrogens is 1. The van der Waals surface area contributed by atoms with Gasteiger partial charge in [0.1, 0.15) is 5.75 Å². The summed E-state index contributed by atoms with van der Waals surface area (Å²) in [5.74, 6) is 0.364. The van der Waals surface area contributed by atoms with Crippen LogP contribution in [0, 0.1) is 13.8 Å². The van der Waals surface area contributed by atoms with Crippen molar-refractivity contribution in [1.82, 2.24) is 15.6 Å². The molecule has 2 aliphatic rings. The molecule has 1 saturated carbocycles. The molecule has 1 aromatic heterocycles. The molecule has 1 spiro atoms. The number of amides is 2. The number of aryl methyl sites for hydroxylation is 2. The lowest BCUT2D eigenvalue weighted by Crippen LogP contribution is -2.51. The van der Waals surface area contributed by atoms with Crippen LogP contribution in [0.4, 0.5) is 0 Å². The molecule has 0 saturated heterocycles. The summed E-state index contributed by atoms with van der Waals surface area (Å²) < 4.78 is 5.67. The van der Waals surface area contributed by atoms with Crippen molar-refractivity contribution < 1.29 is 14.3 Å². The molecule has 0 atom stereocenters. The van der Waals surface area contributed by atoms with Crippen molar-refractivity contribution in [2.75, 3.05) is 7.11 Å². The van der Waals surface area contributed by atoms with Gasteiger partial charge in [-0.05, 0) is 73.2 Å². The zero-order chi connectivity index (χ0) is 26.2. The van der Waals surface area contributed by atoms with Gasteiger partial charge in [0.25, 0.3) is 11.5 Å². The molecule has 2 heterocycles. The second kappa shape index (κ2) is 9.88. The molecular formula is C30H33N3O4. The third-order valence-electron chi connectivity index (χ3n) is 7.75. The van der Waals surface area contributed by atoms with Gasteiger partial charge in [-0.1, -0.05) is 37.5 Å². The zero-order valence-corrected chi connectivity index (χ0v) is 21.6. The number of methoxy groups -OCH3 is 1. The minimum Gasteiger partial charge on any atom is -0.496 e. The van der Waals surface area contributed by atoms with Gasteiger partial charge in [-0.15, -0.1) is 0 Å². The summed E-state index contributed by atoms with van der Waals surface area (Å²) >= 11 is 0. The van der Waals surface area contributed by atoms with Crippen LogP contribution in [-0.2, 0) is 23.3 Å². The number of nitrogens with one attached hydrogen (secondary N) is 3. The zero-order valence-electron chi connectivity index (χ0n) is 21.6. The van der Waals surface area contributed by atoms with Gasteiger partial charge in [-0.25, -0.2) is 0 Å². The van der Waals surface area contributed by atoms with Crippen LogP contribution in [-0.4, -0.2) is 23.9 Å². The first-order valence-corrected chi connectivity index (χ1v) is 12.9. The fraction of sp³-hybridized carbons (Fsp3) is 0.367. The minimum absolute atomic E-state index is 0.0770. The van der Waals surface area contributed by atoms with Gasteiger partial charge in [-0.2, -0.15) is 0 Å². The highest BCUT2D eigenvalue weighted by Crippen LogP contribution is 2.42. The van der Waals surface area contributed by atoms with Gasteiger partial charge >= 0.3 is 0 Å². The van der Waals surface area contributed by atoms with E-state index in [1.165, 1.54) is 12.0 Å². The summed E-state index contributed by atoms with van der Waals surface area (Å²) in [7, 11) is 1.58. The molecule has 3 N–H and O–H groups in total. The van der Waals surface area contributed by atoms with Gasteiger partial charge in [0.2, 0.25) is 5.91 Å². The molecule has 0 radical (unpaired) electrons. The first-order chi connectivity index (χ1) is 17.8. The first-order valence-electron chi connectivity index (χ1n) is 12.9. The number of rotatable bonds is 5. The van der Waals surface area contributed by atoms with E-state index >= 15 is 0 Å². The molecule has 3 aromatic rings. The van der Waals surface area contributed by atoms with E-state index in [9.17, 15) is 14.4 Å². The highest BCUT2D eigenvalue weighted by molar-refractivity contribution is 5.95. The molecule has 2 amide bonds. The van der Waals surface area contributed by atoms with Gasteiger partial charge in [0, 0.05) is 28.9 Å². The number of carbonyl (C=O) groups excluding carboxylic acids is 2. The van der Waals surface area contributed by atoms with Crippen molar-refractivity contribution in [3.05, 3.63) is 86.3 Å². The van der Waals surface area contributed by atoms with Crippen LogP contribution in [0.5, 0.6) is 5.75 Å². The van der Waals surface area contributed by atoms with E-state index < -0.39 is 0 Å². The SMILES string of the molecule is COc1cc(C(=O)NCc2c(C)cc(C)[nH]c2=O)ccc1-c1ccc2c(c1)CC(=O)NC21CCCCC1. The second-order valence-electron chi connectivity index (χ2n) is 10.3. The Morgan fingerprint density at radius 2 is 1.81 bits per heavy atom. The van der Waals surface area contributed by atoms with Crippen LogP contribution < -0.4 is 20.9 Å². The standard InChI is InChI=1S/C30H33N3O4/c1-18-13-19(2)32-29(36)24(18)17-31-28(35)21-7-9-23(26(15-21)37-3)20-8-10-25-22(14-20)16-27(34)33-30(25)11-5-4-6-12-30/h7-10,13-15H,4-6,11-12,16-17H2,1-3H3,(H,31,35)(H,32,36)(H,33,34). The molecule has 1 fully saturated rings. The monoisotopic (exact) mass is 499 g/mol. The van der Waals surface area contributed by atoms with Gasteiger partial charge in [-0.3, -0.25) is 14.4 Å². The highest BCUT2D eigenvalue weighted by Gasteiger charge is 2.40. The molecule has 0 unspecified atom stereocenters. The predicted molar refractivity (Wildman–Crippen MR) is 143 cm³/mol. The topological polar surface area (TPSA) is 100 Å². The quantitative estimate of drug-likeness (QED) is 0.484. The Bertz CT molecular complexity index is 1430. The molecule has 7 heteroatoms. The molecule has 37 heavy (non-hydrogen) atoms. The van der Waals surface area contributed by atoms with Crippen molar-refractivity contribution in [3.63, 3.8) is 0 Å². The Morgan fingerprint density at radius 3 is 2.54 bits per heavy atom. The van der Waals surface area contributed by atoms with Crippen molar-refractivity contribution in [2.24, 2.45) is 0 Å². The average Bonchev–Trinajstić information content (AvgIpc) is 2.87. The lowest BCUT2D eigenvalue weighted by molar-refractivity contribution is -0.123. The Morgan fingerprint density at radius 1 is 1.03 bits per heavy atom. The number of hydrogen-bond acceptors (Lipinski definition) is 4. The van der Waals surface area contributed by atoms with Crippen LogP contribution in [0.2, 0.25) is 0 Å². The number of ether oxygens (including phenoxy) is 1. The third-order valence-corrected chi connectivity index (χ3v) is 7.75. The van der Waals surface area contributed by atoms with Crippen molar-refractivity contribution in [2.45, 2.75) is 64.5 Å². The van der Waals surface area contributed by atoms with E-state index in [-0.39, 0.29) is 29.5 Å². The van der Waals surface area contributed by atoms with Crippen LogP contribution in [0.25, 0.3) is 11.1 Å². The van der Waals surface area contributed by atoms with Gasteiger partial charge in [0.15, 0.2) is 0 Å². The highest BCUT2D eigenvalue weighted by atomic mass is 16.5. The molecule has 1 aliphatic carbocycles. The Kier molecular flexibility index (Phi) is 6.63. The fourth-order valence-corrected chi connectivity index (χ4v) is 5.92. The van der Waals surface area contributed by atoms with E-state index in [1.807, 2.05) is 26.0 Å². The van der Waals surface area contributed by atoms with Gasteiger partial charge < -0.3 is 20.4 Å². The molecule has 192 valence electrons. The van der Waals surface area contributed by atoms with E-state index in [0.29, 0.717) is 23.3 Å². The van der Waals surface area contributed by atoms with Crippen molar-refractivity contribution in [3.8, 4) is 16.9 Å². The molecular weight excluding hydrogens is 466 g/mol. The first kappa shape index (κ1) is 24.8. The summed E-state index contributed by atoms with van der Waals surface area (Å²) in [4.78, 5) is 40.6. The number of fused-ring (bicyclic) bond motifs is 2. The van der Waals surface area contributed by atoms with Crippen molar-refractivity contribution in [1.29, 1.82) is 0 Å². The summed E-state index contributed by atoms with van der Waals surface area (Å²) in [6.07, 6.45) is 5.78. The Hall–Kier alpha value is -3.87. The number of aromatic nitrogens is 1. The van der Waals surface area contributed by atoms with E-state index in [1.54, 1.807) is 19.2 Å². The third kappa shape index (κ3) is 4.78. The second-order valence-corrected chi connectivity index (χ2v) is 10.3. The Balaban J connectivity index is 1.40. The van der Waals surface area contributed by atoms with Crippen molar-refractivity contribution >= 4 is 11.8 Å². The van der Waals surface area contributed by atoms with Crippen LogP contribution in [0.1, 0.15) is 70.4 Å². The molecule has 1 aliphatic heterocycles. The number of aromatic amines is 1. The summed E-state index contributed by atoms with van der Waals surface area (Å²) in [6.45, 7) is 3.83. The smallest absolute Gasteiger partial charge is 0.253 e. The summed E-state index contributed by atoms with van der Waals surface area (Å²) in [5.41, 5.74) is 6.27. The van der Waals surface area contributed by atoms with Crippen LogP contribution in [0.3, 0.4) is 0 Å². The van der Waals surface area contributed by atoms with E-state index in [2.05, 4.69) is 33.8 Å². The number of carbonyl (C=O) groups is 2. The maximum absolute atomic E-state index is 12.9. The predicted octanol–water partition coefficient (Wildman–Crippen LogP) is 4.43. The maximum Gasteiger partial charge on any atom is 0.253 e. The number of pyridine rings is 1. The molecule has 7 nitrogen and oxygen atoms in total. The average molecular weight is 500 g/mol. The summed E-state index contributed by atoms with van der Waals surface area (Å²) in [6, 6.07) is 13.6. The van der Waals surface area contributed by atoms with E-state index in [4.69, 9.17) is 4.74 Å². The normalized spacial score (nSPS) is 16.1. The number of benzene rings is 2. The van der Waals surface area contributed by atoms with Crippen LogP contribution in [0.15, 0.2) is 47.3 Å². The molecule has 2 aromatic carbocycles. The lowest BCUT2D eigenvalue weighted by atomic mass is 9.72. The largest absolute Gasteiger partial charge is 0.496 e. The number of hydrogen-bond donors (Lipinski definition) is 3. The Labute approximate surface area is 216 Å². The van der Waals surface area contributed by atoms with Gasteiger partial charge in [0.05, 0.1) is 19.1 Å². The fourth-order valence-electron chi connectivity index (χ4n) is 5.92. The molecule has 5 rings (SSSR count). The maximum atomic E-state index is 12.9. The van der Waals surface area contributed by atoms with E-state index in [0.717, 1.165) is 53.6 Å². The molecule has 0 bridgehead atoms.